The number of aliphatic hydroxyl groups excluding tert-OH is 2. The van der Waals surface area contributed by atoms with Gasteiger partial charge >= 0.3 is 0 Å². The molecule has 3 N–H and O–H groups in total. The van der Waals surface area contributed by atoms with Crippen LogP contribution in [-0.2, 0) is 0 Å². The molecule has 0 radical (unpaired) electrons. The number of hydrogen-bond acceptors (Lipinski definition) is 3. The highest BCUT2D eigenvalue weighted by molar-refractivity contribution is 5.28. The Kier molecular flexibility index (Phi) is 2.37. The molecule has 0 aliphatic heterocycles. The summed E-state index contributed by atoms with van der Waals surface area (Å²) < 4.78 is 0. The van der Waals surface area contributed by atoms with Gasteiger partial charge in [-0.15, -0.1) is 0 Å². The van der Waals surface area contributed by atoms with E-state index < -0.39 is 23.2 Å². The van der Waals surface area contributed by atoms with Crippen molar-refractivity contribution in [3.05, 3.63) is 0 Å². The highest BCUT2D eigenvalue weighted by Crippen LogP contribution is 2.75. The maximum absolute atomic E-state index is 11.4. The Hall–Kier alpha value is -0.120. The van der Waals surface area contributed by atoms with Crippen molar-refractivity contribution in [2.75, 3.05) is 0 Å². The third kappa shape index (κ3) is 1.13. The Balaban J connectivity index is 2.11. The van der Waals surface area contributed by atoms with E-state index in [2.05, 4.69) is 20.8 Å². The molecule has 0 heterocycles. The molecule has 3 saturated carbocycles. The normalized spacial score (nSPS) is 61.8. The average Bonchev–Trinajstić information content (AvgIpc) is 2.86. The Morgan fingerprint density at radius 1 is 1.11 bits per heavy atom. The van der Waals surface area contributed by atoms with Crippen LogP contribution in [0.4, 0.5) is 0 Å². The summed E-state index contributed by atoms with van der Waals surface area (Å²) in [6.07, 6.45) is 1.38. The van der Waals surface area contributed by atoms with Crippen molar-refractivity contribution in [1.82, 2.24) is 0 Å². The van der Waals surface area contributed by atoms with E-state index in [4.69, 9.17) is 0 Å². The minimum Gasteiger partial charge on any atom is -0.390 e. The van der Waals surface area contributed by atoms with Gasteiger partial charge in [-0.3, -0.25) is 0 Å². The molecule has 0 amide bonds. The number of rotatable bonds is 0. The molecule has 3 fully saturated rings. The van der Waals surface area contributed by atoms with Gasteiger partial charge in [0.05, 0.1) is 17.8 Å². The lowest BCUT2D eigenvalue weighted by atomic mass is 9.52. The van der Waals surface area contributed by atoms with E-state index >= 15 is 0 Å². The highest BCUT2D eigenvalue weighted by atomic mass is 16.3. The molecule has 0 bridgehead atoms. The quantitative estimate of drug-likeness (QED) is 0.614. The minimum absolute atomic E-state index is 0.0473. The Labute approximate surface area is 109 Å². The topological polar surface area (TPSA) is 60.7 Å². The van der Waals surface area contributed by atoms with Gasteiger partial charge in [0, 0.05) is 5.41 Å². The molecule has 7 atom stereocenters. The zero-order valence-corrected chi connectivity index (χ0v) is 11.8. The van der Waals surface area contributed by atoms with Crippen molar-refractivity contribution in [1.29, 1.82) is 0 Å². The van der Waals surface area contributed by atoms with Gasteiger partial charge in [0.15, 0.2) is 0 Å². The van der Waals surface area contributed by atoms with Crippen LogP contribution in [0, 0.1) is 28.6 Å². The van der Waals surface area contributed by atoms with Gasteiger partial charge < -0.3 is 15.3 Å². The fourth-order valence-corrected chi connectivity index (χ4v) is 5.53. The van der Waals surface area contributed by atoms with Gasteiger partial charge in [-0.2, -0.15) is 0 Å². The van der Waals surface area contributed by atoms with Crippen LogP contribution < -0.4 is 0 Å². The number of aliphatic hydroxyl groups is 3. The summed E-state index contributed by atoms with van der Waals surface area (Å²) in [5.74, 6) is 0.377. The fraction of sp³-hybridized carbons (Fsp3) is 1.00. The average molecular weight is 254 g/mol. The molecule has 3 rings (SSSR count). The van der Waals surface area contributed by atoms with Gasteiger partial charge in [0.25, 0.3) is 0 Å². The smallest absolute Gasteiger partial charge is 0.0883 e. The molecule has 0 saturated heterocycles. The van der Waals surface area contributed by atoms with E-state index in [1.807, 2.05) is 6.92 Å². The van der Waals surface area contributed by atoms with Crippen LogP contribution in [0.15, 0.2) is 0 Å². The van der Waals surface area contributed by atoms with E-state index in [-0.39, 0.29) is 23.2 Å². The molecule has 18 heavy (non-hydrogen) atoms. The lowest BCUT2D eigenvalue weighted by molar-refractivity contribution is -0.243. The first kappa shape index (κ1) is 12.9. The molecule has 3 heteroatoms. The monoisotopic (exact) mass is 254 g/mol. The van der Waals surface area contributed by atoms with Gasteiger partial charge in [-0.1, -0.05) is 34.1 Å². The summed E-state index contributed by atoms with van der Waals surface area (Å²) in [5.41, 5.74) is -1.43. The molecule has 3 aliphatic rings. The second-order valence-electron chi connectivity index (χ2n) is 7.80. The van der Waals surface area contributed by atoms with Crippen molar-refractivity contribution in [2.45, 2.75) is 64.8 Å². The van der Waals surface area contributed by atoms with Crippen molar-refractivity contribution in [2.24, 2.45) is 28.6 Å². The molecule has 104 valence electrons. The second kappa shape index (κ2) is 3.31. The summed E-state index contributed by atoms with van der Waals surface area (Å²) in [4.78, 5) is 0. The van der Waals surface area contributed by atoms with Gasteiger partial charge in [0.2, 0.25) is 0 Å². The SMILES string of the molecule is C[C@H]1CCC[C@]2(C)[C@H](O)[C@H](O)[C@@H]3C(C3(C)C)[C@@]12O. The van der Waals surface area contributed by atoms with Crippen molar-refractivity contribution < 1.29 is 15.3 Å². The third-order valence-electron chi connectivity index (χ3n) is 6.73. The van der Waals surface area contributed by atoms with Gasteiger partial charge in [-0.05, 0) is 36.0 Å². The molecule has 3 aliphatic carbocycles. The summed E-state index contributed by atoms with van der Waals surface area (Å²) in [5, 5.41) is 32.3. The van der Waals surface area contributed by atoms with Crippen LogP contribution in [0.2, 0.25) is 0 Å². The first-order valence-corrected chi connectivity index (χ1v) is 7.27. The van der Waals surface area contributed by atoms with E-state index in [0.29, 0.717) is 0 Å². The first-order valence-electron chi connectivity index (χ1n) is 7.27. The lowest BCUT2D eigenvalue weighted by Gasteiger charge is -2.58. The molecular weight excluding hydrogens is 228 g/mol. The fourth-order valence-electron chi connectivity index (χ4n) is 5.53. The summed E-state index contributed by atoms with van der Waals surface area (Å²) in [6.45, 7) is 8.31. The predicted octanol–water partition coefficient (Wildman–Crippen LogP) is 1.55. The van der Waals surface area contributed by atoms with Crippen LogP contribution in [0.3, 0.4) is 0 Å². The Morgan fingerprint density at radius 2 is 1.72 bits per heavy atom. The number of fused-ring (bicyclic) bond motifs is 3. The van der Waals surface area contributed by atoms with Crippen LogP contribution in [-0.4, -0.2) is 33.1 Å². The van der Waals surface area contributed by atoms with E-state index in [1.165, 1.54) is 0 Å². The maximum atomic E-state index is 11.4. The van der Waals surface area contributed by atoms with Crippen molar-refractivity contribution in [3.63, 3.8) is 0 Å². The lowest BCUT2D eigenvalue weighted by Crippen LogP contribution is -2.66. The predicted molar refractivity (Wildman–Crippen MR) is 68.8 cm³/mol. The molecule has 0 spiro atoms. The van der Waals surface area contributed by atoms with Gasteiger partial charge in [-0.25, -0.2) is 0 Å². The Bertz CT molecular complexity index is 380. The third-order valence-corrected chi connectivity index (χ3v) is 6.73. The van der Waals surface area contributed by atoms with Crippen molar-refractivity contribution >= 4 is 0 Å². The minimum atomic E-state index is -0.821. The summed E-state index contributed by atoms with van der Waals surface area (Å²) in [7, 11) is 0. The first-order chi connectivity index (χ1) is 8.19. The van der Waals surface area contributed by atoms with Crippen LogP contribution >= 0.6 is 0 Å². The van der Waals surface area contributed by atoms with E-state index in [0.717, 1.165) is 19.3 Å². The number of hydrogen-bond donors (Lipinski definition) is 3. The van der Waals surface area contributed by atoms with E-state index in [9.17, 15) is 15.3 Å². The largest absolute Gasteiger partial charge is 0.390 e. The van der Waals surface area contributed by atoms with Crippen molar-refractivity contribution in [3.8, 4) is 0 Å². The van der Waals surface area contributed by atoms with Crippen LogP contribution in [0.5, 0.6) is 0 Å². The molecule has 1 unspecified atom stereocenters. The molecule has 3 nitrogen and oxygen atoms in total. The molecular formula is C15H26O3. The highest BCUT2D eigenvalue weighted by Gasteiger charge is 2.79. The second-order valence-corrected chi connectivity index (χ2v) is 7.80. The summed E-state index contributed by atoms with van der Waals surface area (Å²) >= 11 is 0. The Morgan fingerprint density at radius 3 is 2.33 bits per heavy atom. The zero-order valence-electron chi connectivity index (χ0n) is 11.8. The van der Waals surface area contributed by atoms with Crippen LogP contribution in [0.25, 0.3) is 0 Å². The van der Waals surface area contributed by atoms with Crippen LogP contribution in [0.1, 0.15) is 47.0 Å². The maximum Gasteiger partial charge on any atom is 0.0883 e. The van der Waals surface area contributed by atoms with E-state index in [1.54, 1.807) is 0 Å². The molecule has 0 aromatic rings. The molecule has 0 aromatic heterocycles. The zero-order chi connectivity index (χ0) is 13.5. The standard InChI is InChI=1S/C15H26O3/c1-8-6-5-7-14(4)12(17)10(16)9-11(13(9,2)3)15(8,14)18/h8-12,16-18H,5-7H2,1-4H3/t8-,9+,10+,11?,12+,14+,15-/m0/s1. The molecule has 0 aromatic carbocycles. The summed E-state index contributed by atoms with van der Waals surface area (Å²) in [6, 6.07) is 0. The van der Waals surface area contributed by atoms with Gasteiger partial charge in [0.1, 0.15) is 0 Å².